The third-order valence-corrected chi connectivity index (χ3v) is 4.14. The summed E-state index contributed by atoms with van der Waals surface area (Å²) in [5, 5.41) is 6.30. The van der Waals surface area contributed by atoms with E-state index in [-0.39, 0.29) is 36.8 Å². The van der Waals surface area contributed by atoms with E-state index in [1.54, 1.807) is 18.3 Å². The monoisotopic (exact) mass is 447 g/mol. The second-order valence-corrected chi connectivity index (χ2v) is 6.38. The van der Waals surface area contributed by atoms with E-state index in [0.29, 0.717) is 17.2 Å². The Morgan fingerprint density at radius 3 is 2.76 bits per heavy atom. The number of hydrogen-bond acceptors (Lipinski definition) is 4. The molecule has 1 aromatic carbocycles. The maximum absolute atomic E-state index is 12.2. The first-order valence-corrected chi connectivity index (χ1v) is 8.41. The van der Waals surface area contributed by atoms with Crippen molar-refractivity contribution in [3.63, 3.8) is 0 Å². The molecule has 2 N–H and O–H groups in total. The minimum absolute atomic E-state index is 0. The Bertz CT molecular complexity index is 680. The first-order valence-electron chi connectivity index (χ1n) is 7.62. The molecule has 1 aromatic heterocycles. The van der Waals surface area contributed by atoms with E-state index in [9.17, 15) is 4.79 Å². The van der Waals surface area contributed by atoms with Crippen molar-refractivity contribution in [2.24, 2.45) is 0 Å². The maximum Gasteiger partial charge on any atom is 0.253 e. The number of aromatic nitrogens is 1. The summed E-state index contributed by atoms with van der Waals surface area (Å²) in [6.45, 7) is 1.85. The van der Waals surface area contributed by atoms with Crippen molar-refractivity contribution in [3.05, 3.63) is 52.6 Å². The van der Waals surface area contributed by atoms with Crippen LogP contribution in [0.2, 0.25) is 0 Å². The van der Waals surface area contributed by atoms with Crippen LogP contribution in [-0.2, 0) is 0 Å². The molecule has 0 aliphatic carbocycles. The van der Waals surface area contributed by atoms with Gasteiger partial charge in [0.1, 0.15) is 5.75 Å². The van der Waals surface area contributed by atoms with Gasteiger partial charge < -0.3 is 15.4 Å². The molecule has 0 spiro atoms. The summed E-state index contributed by atoms with van der Waals surface area (Å²) in [6, 6.07) is 11.1. The Morgan fingerprint density at radius 1 is 1.28 bits per heavy atom. The molecule has 5 nitrogen and oxygen atoms in total. The van der Waals surface area contributed by atoms with Crippen LogP contribution in [0, 0.1) is 0 Å². The van der Waals surface area contributed by atoms with Crippen molar-refractivity contribution in [1.29, 1.82) is 0 Å². The van der Waals surface area contributed by atoms with Gasteiger partial charge in [-0.1, -0.05) is 22.0 Å². The summed E-state index contributed by atoms with van der Waals surface area (Å²) in [6.07, 6.45) is 3.64. The Labute approximate surface area is 167 Å². The van der Waals surface area contributed by atoms with Crippen LogP contribution in [0.1, 0.15) is 23.2 Å². The highest BCUT2D eigenvalue weighted by Crippen LogP contribution is 2.22. The second-order valence-electron chi connectivity index (χ2n) is 5.46. The predicted octanol–water partition coefficient (Wildman–Crippen LogP) is 3.96. The highest BCUT2D eigenvalue weighted by molar-refractivity contribution is 9.10. The zero-order chi connectivity index (χ0) is 16.1. The molecule has 0 bridgehead atoms. The lowest BCUT2D eigenvalue weighted by Crippen LogP contribution is -2.45. The van der Waals surface area contributed by atoms with E-state index in [2.05, 4.69) is 31.5 Å². The average molecular weight is 449 g/mol. The minimum Gasteiger partial charge on any atom is -0.439 e. The number of rotatable bonds is 4. The summed E-state index contributed by atoms with van der Waals surface area (Å²) in [4.78, 5) is 16.4. The van der Waals surface area contributed by atoms with Gasteiger partial charge in [-0.15, -0.1) is 24.8 Å². The molecule has 25 heavy (non-hydrogen) atoms. The van der Waals surface area contributed by atoms with Crippen molar-refractivity contribution in [3.8, 4) is 11.6 Å². The average Bonchev–Trinajstić information content (AvgIpc) is 2.56. The summed E-state index contributed by atoms with van der Waals surface area (Å²) >= 11 is 3.39. The molecular formula is C17H20BrCl2N3O2. The van der Waals surface area contributed by atoms with Crippen LogP contribution in [0.4, 0.5) is 0 Å². The highest BCUT2D eigenvalue weighted by atomic mass is 79.9. The van der Waals surface area contributed by atoms with Gasteiger partial charge >= 0.3 is 0 Å². The van der Waals surface area contributed by atoms with Gasteiger partial charge in [0.15, 0.2) is 0 Å². The Hall–Kier alpha value is -1.34. The number of ether oxygens (including phenoxy) is 1. The van der Waals surface area contributed by atoms with E-state index in [1.807, 2.05) is 24.3 Å². The third kappa shape index (κ3) is 6.47. The van der Waals surface area contributed by atoms with Crippen molar-refractivity contribution in [1.82, 2.24) is 15.6 Å². The van der Waals surface area contributed by atoms with E-state index >= 15 is 0 Å². The molecule has 1 amide bonds. The zero-order valence-corrected chi connectivity index (χ0v) is 16.6. The molecule has 1 fully saturated rings. The third-order valence-electron chi connectivity index (χ3n) is 3.65. The molecule has 0 saturated carbocycles. The number of halogens is 3. The molecule has 1 aliphatic rings. The van der Waals surface area contributed by atoms with Crippen LogP contribution in [0.15, 0.2) is 47.1 Å². The number of pyridine rings is 1. The van der Waals surface area contributed by atoms with Gasteiger partial charge in [-0.25, -0.2) is 4.98 Å². The van der Waals surface area contributed by atoms with Crippen LogP contribution in [0.3, 0.4) is 0 Å². The van der Waals surface area contributed by atoms with E-state index in [1.165, 1.54) is 0 Å². The molecule has 1 aliphatic heterocycles. The summed E-state index contributed by atoms with van der Waals surface area (Å²) in [5.74, 6) is 1.05. The Kier molecular flexibility index (Phi) is 9.21. The van der Waals surface area contributed by atoms with Crippen LogP contribution in [0.25, 0.3) is 0 Å². The van der Waals surface area contributed by atoms with Gasteiger partial charge in [0.2, 0.25) is 5.88 Å². The highest BCUT2D eigenvalue weighted by Gasteiger charge is 2.16. The number of amides is 1. The topological polar surface area (TPSA) is 63.2 Å². The quantitative estimate of drug-likeness (QED) is 0.742. The van der Waals surface area contributed by atoms with Gasteiger partial charge in [-0.3, -0.25) is 4.79 Å². The summed E-state index contributed by atoms with van der Waals surface area (Å²) < 4.78 is 6.60. The number of carbonyl (C=O) groups excluding carboxylic acids is 1. The van der Waals surface area contributed by atoms with Crippen LogP contribution < -0.4 is 15.4 Å². The molecule has 136 valence electrons. The van der Waals surface area contributed by atoms with Crippen LogP contribution in [0.5, 0.6) is 11.6 Å². The molecule has 8 heteroatoms. The van der Waals surface area contributed by atoms with Gasteiger partial charge in [0, 0.05) is 29.3 Å². The number of nitrogens with zero attached hydrogens (tertiary/aromatic N) is 1. The zero-order valence-electron chi connectivity index (χ0n) is 13.4. The molecule has 2 heterocycles. The molecule has 3 rings (SSSR count). The fourth-order valence-corrected chi connectivity index (χ4v) is 2.85. The first kappa shape index (κ1) is 21.7. The number of benzene rings is 1. The lowest BCUT2D eigenvalue weighted by molar-refractivity contribution is 0.0930. The minimum atomic E-state index is -0.0970. The predicted molar refractivity (Wildman–Crippen MR) is 106 cm³/mol. The van der Waals surface area contributed by atoms with E-state index in [0.717, 1.165) is 30.4 Å². The van der Waals surface area contributed by atoms with Crippen molar-refractivity contribution in [2.45, 2.75) is 18.9 Å². The molecular weight excluding hydrogens is 429 g/mol. The lowest BCUT2D eigenvalue weighted by Gasteiger charge is -2.23. The van der Waals surface area contributed by atoms with Crippen molar-refractivity contribution >= 4 is 46.7 Å². The van der Waals surface area contributed by atoms with Gasteiger partial charge in [-0.05, 0) is 43.7 Å². The SMILES string of the molecule is Cl.Cl.O=C(N[C@H]1CCCNC1)c1ccc(Oc2cccc(Br)c2)nc1. The molecule has 0 radical (unpaired) electrons. The molecule has 1 atom stereocenters. The standard InChI is InChI=1S/C17H18BrN3O2.2ClH/c18-13-3-1-5-15(9-13)23-16-7-6-12(10-20-16)17(22)21-14-4-2-8-19-11-14;;/h1,3,5-7,9-10,14,19H,2,4,8,11H2,(H,21,22);2*1H/t14-;;/m0../s1. The molecule has 2 aromatic rings. The van der Waals surface area contributed by atoms with Crippen molar-refractivity contribution in [2.75, 3.05) is 13.1 Å². The Morgan fingerprint density at radius 2 is 2.12 bits per heavy atom. The van der Waals surface area contributed by atoms with E-state index < -0.39 is 0 Å². The fraction of sp³-hybridized carbons (Fsp3) is 0.294. The largest absolute Gasteiger partial charge is 0.439 e. The van der Waals surface area contributed by atoms with Crippen molar-refractivity contribution < 1.29 is 9.53 Å². The normalized spacial score (nSPS) is 16.1. The summed E-state index contributed by atoms with van der Waals surface area (Å²) in [5.41, 5.74) is 0.539. The van der Waals surface area contributed by atoms with Gasteiger partial charge in [0.05, 0.1) is 5.56 Å². The molecule has 1 saturated heterocycles. The van der Waals surface area contributed by atoms with E-state index in [4.69, 9.17) is 4.74 Å². The fourth-order valence-electron chi connectivity index (χ4n) is 2.47. The lowest BCUT2D eigenvalue weighted by atomic mass is 10.1. The smallest absolute Gasteiger partial charge is 0.253 e. The maximum atomic E-state index is 12.2. The van der Waals surface area contributed by atoms with Gasteiger partial charge in [-0.2, -0.15) is 0 Å². The number of hydrogen-bond donors (Lipinski definition) is 2. The van der Waals surface area contributed by atoms with Crippen LogP contribution in [-0.4, -0.2) is 30.0 Å². The first-order chi connectivity index (χ1) is 11.2. The van der Waals surface area contributed by atoms with Crippen LogP contribution >= 0.6 is 40.7 Å². The number of nitrogens with one attached hydrogen (secondary N) is 2. The Balaban J connectivity index is 0.00000156. The number of piperidine rings is 1. The second kappa shape index (κ2) is 10.6. The summed E-state index contributed by atoms with van der Waals surface area (Å²) in [7, 11) is 0. The van der Waals surface area contributed by atoms with Gasteiger partial charge in [0.25, 0.3) is 5.91 Å². The number of carbonyl (C=O) groups is 1. The molecule has 0 unspecified atom stereocenters.